The lowest BCUT2D eigenvalue weighted by Crippen LogP contribution is -2.27. The maximum atomic E-state index is 13.4. The molecule has 0 bridgehead atoms. The molecule has 2 aliphatic rings. The second-order valence-electron chi connectivity index (χ2n) is 9.33. The van der Waals surface area contributed by atoms with Gasteiger partial charge in [-0.1, -0.05) is 6.07 Å². The number of aromatic nitrogens is 2. The number of aryl methyl sites for hydroxylation is 1. The van der Waals surface area contributed by atoms with E-state index in [0.29, 0.717) is 31.1 Å². The molecule has 174 valence electrons. The summed E-state index contributed by atoms with van der Waals surface area (Å²) in [5, 5.41) is 0. The van der Waals surface area contributed by atoms with Gasteiger partial charge < -0.3 is 4.74 Å². The van der Waals surface area contributed by atoms with Crippen molar-refractivity contribution in [3.05, 3.63) is 88.8 Å². The van der Waals surface area contributed by atoms with Crippen molar-refractivity contribution in [2.24, 2.45) is 10.9 Å². The van der Waals surface area contributed by atoms with E-state index in [2.05, 4.69) is 9.97 Å². The molecule has 2 aromatic heterocycles. The summed E-state index contributed by atoms with van der Waals surface area (Å²) in [6.07, 6.45) is 8.34. The number of aliphatic imine (C=N–C) groups is 1. The topological polar surface area (TPSA) is 64.4 Å². The Kier molecular flexibility index (Phi) is 6.48. The molecular formula is C28H28FN3O2. The number of pyridine rings is 2. The molecular weight excluding hydrogens is 429 g/mol. The van der Waals surface area contributed by atoms with Gasteiger partial charge in [-0.05, 0) is 74.4 Å². The third kappa shape index (κ3) is 5.22. The van der Waals surface area contributed by atoms with E-state index in [1.54, 1.807) is 18.3 Å². The summed E-state index contributed by atoms with van der Waals surface area (Å²) in [5.74, 6) is 0.755. The first kappa shape index (κ1) is 22.4. The highest BCUT2D eigenvalue weighted by Gasteiger charge is 2.26. The second kappa shape index (κ2) is 9.84. The van der Waals surface area contributed by atoms with Crippen LogP contribution in [0.3, 0.4) is 0 Å². The number of benzene rings is 1. The number of rotatable bonds is 7. The second-order valence-corrected chi connectivity index (χ2v) is 9.33. The maximum absolute atomic E-state index is 13.4. The zero-order valence-corrected chi connectivity index (χ0v) is 19.3. The molecule has 1 aromatic carbocycles. The van der Waals surface area contributed by atoms with Crippen molar-refractivity contribution in [2.75, 3.05) is 0 Å². The average Bonchev–Trinajstić information content (AvgIpc) is 3.22. The van der Waals surface area contributed by atoms with Crippen LogP contribution in [-0.2, 0) is 17.8 Å². The molecule has 1 aliphatic heterocycles. The number of nitrogens with zero attached hydrogens (tertiary/aromatic N) is 3. The van der Waals surface area contributed by atoms with E-state index < -0.39 is 0 Å². The molecule has 0 saturated heterocycles. The predicted molar refractivity (Wildman–Crippen MR) is 129 cm³/mol. The number of ether oxygens (including phenoxy) is 1. The minimum Gasteiger partial charge on any atom is -0.490 e. The summed E-state index contributed by atoms with van der Waals surface area (Å²) in [5.41, 5.74) is 5.89. The normalized spacial score (nSPS) is 19.4. The smallest absolute Gasteiger partial charge is 0.139 e. The monoisotopic (exact) mass is 457 g/mol. The fraction of sp³-hybridized carbons (Fsp3) is 0.357. The predicted octanol–water partition coefficient (Wildman–Crippen LogP) is 5.41. The largest absolute Gasteiger partial charge is 0.490 e. The van der Waals surface area contributed by atoms with Gasteiger partial charge in [-0.3, -0.25) is 19.8 Å². The van der Waals surface area contributed by atoms with Gasteiger partial charge in [0.15, 0.2) is 0 Å². The molecule has 34 heavy (non-hydrogen) atoms. The summed E-state index contributed by atoms with van der Waals surface area (Å²) >= 11 is 0. The molecule has 6 heteroatoms. The summed E-state index contributed by atoms with van der Waals surface area (Å²) in [6, 6.07) is 12.3. The number of hydrogen-bond donors (Lipinski definition) is 0. The molecule has 1 aliphatic carbocycles. The fourth-order valence-electron chi connectivity index (χ4n) is 5.04. The number of Topliss-reactive ketones (excluding diaryl/α,β-unsaturated/α-hetero) is 1. The van der Waals surface area contributed by atoms with Gasteiger partial charge in [-0.25, -0.2) is 4.39 Å². The molecule has 1 saturated carbocycles. The highest BCUT2D eigenvalue weighted by Crippen LogP contribution is 2.31. The molecule has 3 aromatic rings. The Hall–Kier alpha value is -3.41. The first-order valence-corrected chi connectivity index (χ1v) is 11.9. The van der Waals surface area contributed by atoms with Crippen LogP contribution in [0, 0.1) is 18.7 Å². The van der Waals surface area contributed by atoms with Crippen molar-refractivity contribution in [3.63, 3.8) is 0 Å². The van der Waals surface area contributed by atoms with E-state index in [0.717, 1.165) is 59.5 Å². The van der Waals surface area contributed by atoms with Gasteiger partial charge in [-0.2, -0.15) is 0 Å². The average molecular weight is 458 g/mol. The Labute approximate surface area is 199 Å². The minimum atomic E-state index is -0.296. The van der Waals surface area contributed by atoms with Gasteiger partial charge in [0.2, 0.25) is 0 Å². The van der Waals surface area contributed by atoms with Crippen molar-refractivity contribution in [2.45, 2.75) is 58.1 Å². The SMILES string of the molecule is Cc1cc(C2=NCc3cc(CC(=O)CC4CCCC(Oc5cccc(F)c5)C4)ncc32)ccn1. The molecule has 2 unspecified atom stereocenters. The Bertz CT molecular complexity index is 1240. The van der Waals surface area contributed by atoms with Gasteiger partial charge >= 0.3 is 0 Å². The Morgan fingerprint density at radius 1 is 1.15 bits per heavy atom. The van der Waals surface area contributed by atoms with Gasteiger partial charge in [0.25, 0.3) is 0 Å². The molecule has 5 rings (SSSR count). The highest BCUT2D eigenvalue weighted by molar-refractivity contribution is 6.15. The summed E-state index contributed by atoms with van der Waals surface area (Å²) in [6.45, 7) is 2.58. The molecule has 3 heterocycles. The van der Waals surface area contributed by atoms with Gasteiger partial charge in [-0.15, -0.1) is 0 Å². The van der Waals surface area contributed by atoms with E-state index in [9.17, 15) is 9.18 Å². The lowest BCUT2D eigenvalue weighted by molar-refractivity contribution is -0.119. The van der Waals surface area contributed by atoms with E-state index in [-0.39, 0.29) is 17.7 Å². The number of halogens is 1. The third-order valence-corrected chi connectivity index (χ3v) is 6.61. The summed E-state index contributed by atoms with van der Waals surface area (Å²) in [4.78, 5) is 26.4. The van der Waals surface area contributed by atoms with Gasteiger partial charge in [0.1, 0.15) is 17.3 Å². The summed E-state index contributed by atoms with van der Waals surface area (Å²) < 4.78 is 19.4. The number of carbonyl (C=O) groups is 1. The Morgan fingerprint density at radius 2 is 2.06 bits per heavy atom. The number of ketones is 1. The quantitative estimate of drug-likeness (QED) is 0.476. The molecule has 0 amide bonds. The van der Waals surface area contributed by atoms with Crippen LogP contribution in [0.2, 0.25) is 0 Å². The van der Waals surface area contributed by atoms with Crippen LogP contribution < -0.4 is 4.74 Å². The van der Waals surface area contributed by atoms with Crippen molar-refractivity contribution in [1.82, 2.24) is 9.97 Å². The van der Waals surface area contributed by atoms with Crippen molar-refractivity contribution in [3.8, 4) is 5.75 Å². The molecule has 2 atom stereocenters. The van der Waals surface area contributed by atoms with Gasteiger partial charge in [0, 0.05) is 53.8 Å². The van der Waals surface area contributed by atoms with Crippen LogP contribution in [-0.4, -0.2) is 27.6 Å². The van der Waals surface area contributed by atoms with Crippen LogP contribution >= 0.6 is 0 Å². The highest BCUT2D eigenvalue weighted by atomic mass is 19.1. The van der Waals surface area contributed by atoms with E-state index >= 15 is 0 Å². The molecule has 0 N–H and O–H groups in total. The van der Waals surface area contributed by atoms with Crippen molar-refractivity contribution < 1.29 is 13.9 Å². The standard InChI is InChI=1S/C28H28FN3O2/c1-18-10-20(8-9-30-18)28-27-17-31-23(13-21(27)16-32-28)15-24(33)11-19-4-2-6-25(12-19)34-26-7-3-5-22(29)14-26/h3,5,7-10,13-14,17,19,25H,2,4,6,11-12,15-16H2,1H3. The number of carbonyl (C=O) groups excluding carboxylic acids is 1. The first-order valence-electron chi connectivity index (χ1n) is 11.9. The van der Waals surface area contributed by atoms with Crippen molar-refractivity contribution >= 4 is 11.5 Å². The fourth-order valence-corrected chi connectivity index (χ4v) is 5.04. The number of fused-ring (bicyclic) bond motifs is 1. The lowest BCUT2D eigenvalue weighted by atomic mass is 9.83. The zero-order valence-electron chi connectivity index (χ0n) is 19.3. The first-order chi connectivity index (χ1) is 16.5. The Balaban J connectivity index is 1.18. The van der Waals surface area contributed by atoms with Crippen LogP contribution in [0.15, 0.2) is 59.9 Å². The van der Waals surface area contributed by atoms with Gasteiger partial charge in [0.05, 0.1) is 18.4 Å². The molecule has 5 nitrogen and oxygen atoms in total. The number of hydrogen-bond acceptors (Lipinski definition) is 5. The molecule has 1 fully saturated rings. The summed E-state index contributed by atoms with van der Waals surface area (Å²) in [7, 11) is 0. The van der Waals surface area contributed by atoms with Crippen LogP contribution in [0.1, 0.15) is 60.2 Å². The van der Waals surface area contributed by atoms with E-state index in [1.807, 2.05) is 31.3 Å². The maximum Gasteiger partial charge on any atom is 0.139 e. The zero-order chi connectivity index (χ0) is 23.5. The van der Waals surface area contributed by atoms with E-state index in [4.69, 9.17) is 9.73 Å². The van der Waals surface area contributed by atoms with Crippen molar-refractivity contribution in [1.29, 1.82) is 0 Å². The lowest BCUT2D eigenvalue weighted by Gasteiger charge is -2.29. The third-order valence-electron chi connectivity index (χ3n) is 6.61. The molecule has 0 radical (unpaired) electrons. The van der Waals surface area contributed by atoms with Crippen LogP contribution in [0.5, 0.6) is 5.75 Å². The Morgan fingerprint density at radius 3 is 2.91 bits per heavy atom. The van der Waals surface area contributed by atoms with Crippen LogP contribution in [0.25, 0.3) is 0 Å². The molecule has 0 spiro atoms. The minimum absolute atomic E-state index is 0.0267. The van der Waals surface area contributed by atoms with E-state index in [1.165, 1.54) is 12.1 Å². The van der Waals surface area contributed by atoms with Crippen LogP contribution in [0.4, 0.5) is 4.39 Å².